The minimum Gasteiger partial charge on any atom is -0.494 e. The maximum Gasteiger partial charge on any atom is 0.324 e. The van der Waals surface area contributed by atoms with Gasteiger partial charge in [-0.1, -0.05) is 28.7 Å². The van der Waals surface area contributed by atoms with Crippen molar-refractivity contribution < 1.29 is 14.5 Å². The highest BCUT2D eigenvalue weighted by Gasteiger charge is 2.20. The second-order valence-corrected chi connectivity index (χ2v) is 9.24. The second-order valence-electron chi connectivity index (χ2n) is 7.17. The Morgan fingerprint density at radius 2 is 1.97 bits per heavy atom. The highest BCUT2D eigenvalue weighted by atomic mass is 35.5. The Morgan fingerprint density at radius 1 is 1.22 bits per heavy atom. The molecule has 32 heavy (non-hydrogen) atoms. The fraction of sp³-hybridized carbons (Fsp3) is 0.333. The number of carbonyl (C=O) groups excluding carboxylic acids is 1. The molecule has 0 saturated heterocycles. The number of aryl methyl sites for hydroxylation is 1. The van der Waals surface area contributed by atoms with Gasteiger partial charge in [0, 0.05) is 23.6 Å². The number of amides is 1. The predicted molar refractivity (Wildman–Crippen MR) is 134 cm³/mol. The molecule has 3 aromatic rings. The van der Waals surface area contributed by atoms with Crippen molar-refractivity contribution in [3.8, 4) is 5.75 Å². The summed E-state index contributed by atoms with van der Waals surface area (Å²) in [6.07, 6.45) is 3.84. The van der Waals surface area contributed by atoms with Gasteiger partial charge in [0.15, 0.2) is 5.13 Å². The first-order chi connectivity index (χ1) is 14.8. The van der Waals surface area contributed by atoms with E-state index < -0.39 is 4.92 Å². The van der Waals surface area contributed by atoms with E-state index in [1.54, 1.807) is 24.2 Å². The summed E-state index contributed by atoms with van der Waals surface area (Å²) >= 11 is 2.49. The van der Waals surface area contributed by atoms with Gasteiger partial charge in [-0.15, -0.1) is 12.4 Å². The fourth-order valence-corrected chi connectivity index (χ4v) is 4.80. The average Bonchev–Trinajstić information content (AvgIpc) is 3.37. The third-order valence-corrected chi connectivity index (χ3v) is 6.79. The molecule has 1 amide bonds. The quantitative estimate of drug-likeness (QED) is 0.235. The zero-order valence-electron chi connectivity index (χ0n) is 18.2. The van der Waals surface area contributed by atoms with Crippen LogP contribution < -0.4 is 9.64 Å². The van der Waals surface area contributed by atoms with Gasteiger partial charge in [-0.3, -0.25) is 19.8 Å². The molecule has 3 rings (SSSR count). The Bertz CT molecular complexity index is 1130. The minimum atomic E-state index is -0.436. The van der Waals surface area contributed by atoms with Gasteiger partial charge in [0.05, 0.1) is 16.7 Å². The maximum absolute atomic E-state index is 13.1. The number of hydrogen-bond acceptors (Lipinski definition) is 8. The van der Waals surface area contributed by atoms with Gasteiger partial charge in [-0.05, 0) is 57.8 Å². The molecule has 8 nitrogen and oxygen atoms in total. The number of carbonyl (C=O) groups is 1. The lowest BCUT2D eigenvalue weighted by atomic mass is 10.2. The van der Waals surface area contributed by atoms with Crippen molar-refractivity contribution in [1.82, 2.24) is 9.88 Å². The van der Waals surface area contributed by atoms with Gasteiger partial charge in [-0.25, -0.2) is 4.98 Å². The van der Waals surface area contributed by atoms with Crippen LogP contribution in [0.4, 0.5) is 10.1 Å². The van der Waals surface area contributed by atoms with Crippen LogP contribution in [0, 0.1) is 17.0 Å². The molecule has 11 heteroatoms. The molecule has 1 aromatic carbocycles. The molecule has 0 N–H and O–H groups in total. The van der Waals surface area contributed by atoms with Gasteiger partial charge in [0.2, 0.25) is 0 Å². The van der Waals surface area contributed by atoms with Gasteiger partial charge in [-0.2, -0.15) is 0 Å². The van der Waals surface area contributed by atoms with E-state index in [0.717, 1.165) is 40.1 Å². The average molecular weight is 497 g/mol. The van der Waals surface area contributed by atoms with Crippen molar-refractivity contribution in [3.63, 3.8) is 0 Å². The number of thiophene rings is 1. The number of ether oxygens (including phenoxy) is 1. The van der Waals surface area contributed by atoms with Crippen LogP contribution in [0.5, 0.6) is 5.75 Å². The van der Waals surface area contributed by atoms with E-state index in [1.165, 1.54) is 23.5 Å². The van der Waals surface area contributed by atoms with Crippen molar-refractivity contribution in [2.24, 2.45) is 0 Å². The van der Waals surface area contributed by atoms with Gasteiger partial charge in [0.25, 0.3) is 5.91 Å². The predicted octanol–water partition coefficient (Wildman–Crippen LogP) is 5.00. The molecule has 0 atom stereocenters. The molecule has 0 aliphatic rings. The smallest absolute Gasteiger partial charge is 0.324 e. The molecule has 0 unspecified atom stereocenters. The summed E-state index contributed by atoms with van der Waals surface area (Å²) in [5.41, 5.74) is 1.81. The normalized spacial score (nSPS) is 11.2. The first-order valence-electron chi connectivity index (χ1n) is 9.63. The number of aromatic nitrogens is 1. The van der Waals surface area contributed by atoms with Gasteiger partial charge >= 0.3 is 5.00 Å². The monoisotopic (exact) mass is 496 g/mol. The second kappa shape index (κ2) is 11.4. The number of rotatable bonds is 9. The fourth-order valence-electron chi connectivity index (χ4n) is 3.00. The summed E-state index contributed by atoms with van der Waals surface area (Å²) in [4.78, 5) is 32.6. The summed E-state index contributed by atoms with van der Waals surface area (Å²) in [6.45, 7) is 3.34. The summed E-state index contributed by atoms with van der Waals surface area (Å²) in [6, 6.07) is 6.93. The number of thiazole rings is 1. The van der Waals surface area contributed by atoms with Crippen LogP contribution in [0.25, 0.3) is 16.3 Å². The Kier molecular flexibility index (Phi) is 9.14. The van der Waals surface area contributed by atoms with E-state index in [1.807, 2.05) is 33.2 Å². The van der Waals surface area contributed by atoms with E-state index in [2.05, 4.69) is 4.90 Å². The van der Waals surface area contributed by atoms with Crippen LogP contribution in [0.1, 0.15) is 16.9 Å². The van der Waals surface area contributed by atoms with Crippen LogP contribution >= 0.6 is 35.1 Å². The number of anilines is 1. The number of benzene rings is 1. The number of halogens is 1. The zero-order valence-corrected chi connectivity index (χ0v) is 20.7. The first kappa shape index (κ1) is 25.7. The summed E-state index contributed by atoms with van der Waals surface area (Å²) < 4.78 is 6.43. The van der Waals surface area contributed by atoms with Crippen LogP contribution in [0.3, 0.4) is 0 Å². The Hall–Kier alpha value is -2.53. The number of methoxy groups -OCH3 is 1. The largest absolute Gasteiger partial charge is 0.494 e. The van der Waals surface area contributed by atoms with Gasteiger partial charge < -0.3 is 9.64 Å². The lowest BCUT2D eigenvalue weighted by Gasteiger charge is -2.19. The van der Waals surface area contributed by atoms with E-state index >= 15 is 0 Å². The number of nitrogens with zero attached hydrogens (tertiary/aromatic N) is 4. The SMILES string of the molecule is COc1ccc(C)c2sc(N(CCCN(C)C)C(=O)/C=C/c3ccc([N+](=O)[O-])s3)nc12.Cl. The molecule has 172 valence electrons. The minimum absolute atomic E-state index is 0. The van der Waals surface area contributed by atoms with Crippen molar-refractivity contribution in [2.75, 3.05) is 39.2 Å². The van der Waals surface area contributed by atoms with Crippen molar-refractivity contribution in [1.29, 1.82) is 0 Å². The van der Waals surface area contributed by atoms with Crippen LogP contribution in [-0.4, -0.2) is 55.0 Å². The molecule has 0 fully saturated rings. The molecular formula is C21H25ClN4O4S2. The summed E-state index contributed by atoms with van der Waals surface area (Å²) in [7, 11) is 5.58. The third-order valence-electron chi connectivity index (χ3n) is 4.58. The van der Waals surface area contributed by atoms with E-state index in [9.17, 15) is 14.9 Å². The molecule has 0 bridgehead atoms. The van der Waals surface area contributed by atoms with Gasteiger partial charge in [0.1, 0.15) is 11.3 Å². The molecular weight excluding hydrogens is 472 g/mol. The van der Waals surface area contributed by atoms with Crippen molar-refractivity contribution in [2.45, 2.75) is 13.3 Å². The third kappa shape index (κ3) is 6.04. The van der Waals surface area contributed by atoms with Crippen LogP contribution in [0.15, 0.2) is 30.3 Å². The zero-order chi connectivity index (χ0) is 22.5. The van der Waals surface area contributed by atoms with Crippen LogP contribution in [-0.2, 0) is 4.79 Å². The van der Waals surface area contributed by atoms with Crippen LogP contribution in [0.2, 0.25) is 0 Å². The van der Waals surface area contributed by atoms with E-state index in [4.69, 9.17) is 9.72 Å². The lowest BCUT2D eigenvalue weighted by Crippen LogP contribution is -2.32. The molecule has 0 aliphatic carbocycles. The van der Waals surface area contributed by atoms with E-state index in [-0.39, 0.29) is 23.3 Å². The topological polar surface area (TPSA) is 88.8 Å². The standard InChI is InChI=1S/C21H24N4O4S2.ClH/c1-14-6-9-16(29-4)19-20(14)31-21(22-19)24(13-5-12-23(2)3)17(26)10-7-15-8-11-18(30-15)25(27)28;/h6-11H,5,12-13H2,1-4H3;1H/b10-7+;. The lowest BCUT2D eigenvalue weighted by molar-refractivity contribution is -0.380. The first-order valence-corrected chi connectivity index (χ1v) is 11.3. The Labute approximate surface area is 200 Å². The Balaban J connectivity index is 0.00000363. The molecule has 2 aromatic heterocycles. The van der Waals surface area contributed by atoms with Crippen molar-refractivity contribution in [3.05, 3.63) is 50.9 Å². The summed E-state index contributed by atoms with van der Waals surface area (Å²) in [5, 5.41) is 11.5. The highest BCUT2D eigenvalue weighted by molar-refractivity contribution is 7.22. The Morgan fingerprint density at radius 3 is 2.59 bits per heavy atom. The molecule has 0 spiro atoms. The van der Waals surface area contributed by atoms with Crippen molar-refractivity contribution >= 4 is 67.4 Å². The number of nitro groups is 1. The molecule has 0 aliphatic heterocycles. The molecule has 0 radical (unpaired) electrons. The summed E-state index contributed by atoms with van der Waals surface area (Å²) in [5.74, 6) is 0.454. The molecule has 0 saturated carbocycles. The van der Waals surface area contributed by atoms with E-state index in [0.29, 0.717) is 22.3 Å². The number of hydrogen-bond donors (Lipinski definition) is 0. The number of fused-ring (bicyclic) bond motifs is 1. The highest BCUT2D eigenvalue weighted by Crippen LogP contribution is 2.36. The molecule has 2 heterocycles. The maximum atomic E-state index is 13.1.